The molecule has 4 heterocycles. The van der Waals surface area contributed by atoms with Crippen molar-refractivity contribution < 1.29 is 70.1 Å². The van der Waals surface area contributed by atoms with Gasteiger partial charge >= 0.3 is 12.2 Å². The molecule has 5 aromatic carbocycles. The summed E-state index contributed by atoms with van der Waals surface area (Å²) in [5.74, 6) is -3.70. The Kier molecular flexibility index (Phi) is 14.9. The third-order valence-corrected chi connectivity index (χ3v) is 15.2. The Balaban J connectivity index is 0.941. The molecule has 0 saturated carbocycles. The molecule has 0 saturated heterocycles. The number of para-hydroxylation sites is 2. The molecule has 9 rings (SSSR count). The number of aromatic nitrogens is 6. The molecule has 2 unspecified atom stereocenters. The van der Waals surface area contributed by atoms with E-state index in [0.717, 1.165) is 18.2 Å². The first-order valence-corrected chi connectivity index (χ1v) is 28.4. The Morgan fingerprint density at radius 2 is 0.910 bits per heavy atom. The fourth-order valence-corrected chi connectivity index (χ4v) is 11.0. The normalized spacial score (nSPS) is 13.6. The minimum absolute atomic E-state index is 0.180. The molecule has 28 nitrogen and oxygen atoms in total. The molecule has 0 bridgehead atoms. The standard InChI is InChI=1S/C41H31Cl3F2N14O14S4/c1-16(49-38-55-36(45)56-39(59-38)52-17-6-2-4-8-23(17)75(61,62)63)14-47-21-12-10-19-30(34(21)77(67,68)69)73-32-26(43)29-33(27(44)28(32)50-19)74-31-20(51-29)11-13-22(35(31)78(70,71)72)48-15-25(42)54-41-58-37(46)57-40(60-41)53-18-7-3-5-9-24(18)76(64,65)66/h2-13,16,25,47-48H,14-15H2,1H3,(H,61,62,63)(H,64,65,66)(H,67,68,69)(H,70,71,72)(H2,49,52,55,56,59)(H2,53,54,57,58,60). The quantitative estimate of drug-likeness (QED) is 0.0258. The second-order valence-corrected chi connectivity index (χ2v) is 22.8. The van der Waals surface area contributed by atoms with Crippen LogP contribution in [0.1, 0.15) is 6.92 Å². The highest BCUT2D eigenvalue weighted by atomic mass is 35.5. The van der Waals surface area contributed by atoms with Crippen LogP contribution in [0.4, 0.5) is 66.7 Å². The van der Waals surface area contributed by atoms with E-state index in [1.54, 1.807) is 6.92 Å². The van der Waals surface area contributed by atoms with E-state index in [1.807, 2.05) is 0 Å². The van der Waals surface area contributed by atoms with Crippen LogP contribution in [0.25, 0.3) is 0 Å². The summed E-state index contributed by atoms with van der Waals surface area (Å²) in [5, 5.41) is 14.5. The third kappa shape index (κ3) is 11.8. The van der Waals surface area contributed by atoms with Gasteiger partial charge in [0, 0.05) is 19.1 Å². The van der Waals surface area contributed by atoms with Crippen LogP contribution in [0.5, 0.6) is 23.0 Å². The molecule has 2 aliphatic rings. The van der Waals surface area contributed by atoms with E-state index < -0.39 is 135 Å². The lowest BCUT2D eigenvalue weighted by Crippen LogP contribution is -2.27. The van der Waals surface area contributed by atoms with Crippen molar-refractivity contribution in [1.82, 2.24) is 29.9 Å². The van der Waals surface area contributed by atoms with E-state index in [2.05, 4.69) is 71.8 Å². The fourth-order valence-electron chi connectivity index (χ4n) is 7.42. The predicted molar refractivity (Wildman–Crippen MR) is 273 cm³/mol. The highest BCUT2D eigenvalue weighted by Gasteiger charge is 2.35. The first-order valence-electron chi connectivity index (χ1n) is 21.4. The second kappa shape index (κ2) is 21.0. The topological polar surface area (TPSA) is 410 Å². The average molecular weight is 1220 g/mol. The summed E-state index contributed by atoms with van der Waals surface area (Å²) in [6.07, 6.45) is -2.63. The molecule has 2 aromatic heterocycles. The monoisotopic (exact) mass is 1210 g/mol. The van der Waals surface area contributed by atoms with E-state index in [-0.39, 0.29) is 63.1 Å². The van der Waals surface area contributed by atoms with Crippen LogP contribution in [0.15, 0.2) is 102 Å². The van der Waals surface area contributed by atoms with Crippen LogP contribution in [0, 0.1) is 12.2 Å². The van der Waals surface area contributed by atoms with Crippen molar-refractivity contribution in [3.05, 3.63) is 106 Å². The summed E-state index contributed by atoms with van der Waals surface area (Å²) in [5.41, 5.74) is -2.70. The van der Waals surface area contributed by atoms with Gasteiger partial charge in [0.1, 0.15) is 47.4 Å². The Morgan fingerprint density at radius 3 is 1.33 bits per heavy atom. The van der Waals surface area contributed by atoms with Gasteiger partial charge < -0.3 is 41.4 Å². The molecule has 0 spiro atoms. The van der Waals surface area contributed by atoms with Gasteiger partial charge in [0.15, 0.2) is 32.8 Å². The lowest BCUT2D eigenvalue weighted by Gasteiger charge is -2.24. The largest absolute Gasteiger partial charge is 0.450 e. The van der Waals surface area contributed by atoms with Crippen molar-refractivity contribution in [2.75, 3.05) is 45.0 Å². The number of benzene rings is 5. The van der Waals surface area contributed by atoms with Gasteiger partial charge in [-0.2, -0.15) is 72.4 Å². The van der Waals surface area contributed by atoms with Gasteiger partial charge in [-0.3, -0.25) is 18.2 Å². The molecular weight excluding hydrogens is 1190 g/mol. The molecule has 0 aliphatic carbocycles. The lowest BCUT2D eigenvalue weighted by molar-refractivity contribution is 0.428. The van der Waals surface area contributed by atoms with Gasteiger partial charge in [-0.15, -0.1) is 0 Å². The smallest absolute Gasteiger partial charge is 0.315 e. The fraction of sp³-hybridized carbons (Fsp3) is 0.122. The van der Waals surface area contributed by atoms with E-state index >= 15 is 0 Å². The maximum atomic E-state index is 14.5. The second-order valence-electron chi connectivity index (χ2n) is 16.1. The molecule has 2 aliphatic heterocycles. The molecule has 0 radical (unpaired) electrons. The summed E-state index contributed by atoms with van der Waals surface area (Å²) in [4.78, 5) is 28.0. The zero-order valence-electron chi connectivity index (χ0n) is 38.5. The van der Waals surface area contributed by atoms with E-state index in [4.69, 9.17) is 44.3 Å². The summed E-state index contributed by atoms with van der Waals surface area (Å²) >= 11 is 20.1. The summed E-state index contributed by atoms with van der Waals surface area (Å²) in [6, 6.07) is 14.3. The first kappa shape index (κ1) is 55.3. The number of hydrogen-bond acceptors (Lipinski definition) is 24. The number of halogens is 5. The predicted octanol–water partition coefficient (Wildman–Crippen LogP) is 6.23. The minimum atomic E-state index is -5.22. The molecular formula is C41H31Cl3F2N14O14S4. The molecule has 78 heavy (non-hydrogen) atoms. The van der Waals surface area contributed by atoms with Crippen LogP contribution in [0.3, 0.4) is 0 Å². The van der Waals surface area contributed by atoms with Gasteiger partial charge in [-0.05, 0) is 55.5 Å². The van der Waals surface area contributed by atoms with Gasteiger partial charge in [0.25, 0.3) is 40.5 Å². The zero-order valence-corrected chi connectivity index (χ0v) is 44.0. The van der Waals surface area contributed by atoms with Gasteiger partial charge in [-0.1, -0.05) is 59.1 Å². The highest BCUT2D eigenvalue weighted by molar-refractivity contribution is 7.86. The molecule has 7 aromatic rings. The Labute approximate surface area is 452 Å². The van der Waals surface area contributed by atoms with Gasteiger partial charge in [0.05, 0.1) is 22.7 Å². The maximum absolute atomic E-state index is 14.5. The van der Waals surface area contributed by atoms with E-state index in [1.165, 1.54) is 54.6 Å². The Hall–Kier alpha value is -7.51. The highest BCUT2D eigenvalue weighted by Crippen LogP contribution is 2.49. The Bertz CT molecular complexity index is 3990. The number of ether oxygens (including phenoxy) is 2. The molecule has 10 N–H and O–H groups in total. The van der Waals surface area contributed by atoms with Crippen molar-refractivity contribution >= 4 is 133 Å². The minimum Gasteiger partial charge on any atom is -0.450 e. The number of anilines is 8. The Morgan fingerprint density at radius 1 is 0.513 bits per heavy atom. The lowest BCUT2D eigenvalue weighted by atomic mass is 10.2. The average Bonchev–Trinajstić information content (AvgIpc) is 3.45. The van der Waals surface area contributed by atoms with Crippen LogP contribution in [-0.4, -0.2) is 106 Å². The summed E-state index contributed by atoms with van der Waals surface area (Å²) in [7, 11) is -19.8. The van der Waals surface area contributed by atoms with Crippen LogP contribution in [-0.2, 0) is 40.5 Å². The van der Waals surface area contributed by atoms with E-state index in [9.17, 15) is 60.7 Å². The van der Waals surface area contributed by atoms with Gasteiger partial charge in [-0.25, -0.2) is 9.98 Å². The molecule has 0 amide bonds. The van der Waals surface area contributed by atoms with Crippen molar-refractivity contribution in [3.63, 3.8) is 0 Å². The molecule has 408 valence electrons. The number of alkyl halides is 1. The van der Waals surface area contributed by atoms with Crippen molar-refractivity contribution in [2.45, 2.75) is 38.0 Å². The number of hydrogen-bond donors (Lipinski definition) is 10. The van der Waals surface area contributed by atoms with Crippen LogP contribution in [0.2, 0.25) is 10.0 Å². The van der Waals surface area contributed by atoms with Crippen molar-refractivity contribution in [3.8, 4) is 23.0 Å². The van der Waals surface area contributed by atoms with Gasteiger partial charge in [0.2, 0.25) is 23.8 Å². The maximum Gasteiger partial charge on any atom is 0.315 e. The third-order valence-electron chi connectivity index (χ3n) is 10.6. The van der Waals surface area contributed by atoms with Crippen LogP contribution < -0.4 is 52.1 Å². The number of nitrogens with one attached hydrogen (secondary N) is 6. The number of nitrogens with zero attached hydrogens (tertiary/aromatic N) is 8. The molecule has 0 fully saturated rings. The van der Waals surface area contributed by atoms with Crippen molar-refractivity contribution in [1.29, 1.82) is 0 Å². The van der Waals surface area contributed by atoms with Crippen molar-refractivity contribution in [2.24, 2.45) is 9.98 Å². The van der Waals surface area contributed by atoms with Crippen LogP contribution >= 0.6 is 34.8 Å². The molecule has 37 heteroatoms. The van der Waals surface area contributed by atoms with E-state index in [0.29, 0.717) is 0 Å². The number of rotatable bonds is 18. The summed E-state index contributed by atoms with van der Waals surface area (Å²) in [6.45, 7) is 0.959. The first-order chi connectivity index (χ1) is 36.6. The number of fused-ring (bicyclic) bond motifs is 4. The SMILES string of the molecule is CC(CNc1ccc2c(c1S(=O)(=O)O)Oc1c(Cl)c3c(c(Cl)c1=N2)Oc1c(ccc(NCC(Cl)Nc2nc(F)nc(Nc4ccccc4S(=O)(=O)O)n2)c1S(=O)(=O)O)N=3)Nc1nc(F)nc(Nc2ccccc2S(=O)(=O)O)n1. The molecule has 2 atom stereocenters. The zero-order chi connectivity index (χ0) is 56.2. The summed E-state index contributed by atoms with van der Waals surface area (Å²) < 4.78 is 181.